The fourth-order valence-electron chi connectivity index (χ4n) is 2.20. The molecular weight excluding hydrogens is 372 g/mol. The van der Waals surface area contributed by atoms with Crippen LogP contribution in [0.5, 0.6) is 0 Å². The number of para-hydroxylation sites is 1. The average molecular weight is 392 g/mol. The van der Waals surface area contributed by atoms with Gasteiger partial charge in [0.2, 0.25) is 5.95 Å². The molecule has 0 radical (unpaired) electrons. The standard InChI is InChI=1S/C16H20N6O4S/c1-10-9-11(2)18-15(17-10)19-16(24)21-27(25,26)20-13-8-6-5-7-12(13)14(23)22(3)4/h5-9,20H,1-4H3,(H2,17,18,19,21,24). The molecule has 3 amide bonds. The molecule has 1 aromatic carbocycles. The maximum Gasteiger partial charge on any atom is 0.336 e. The molecule has 2 rings (SSSR count). The summed E-state index contributed by atoms with van der Waals surface area (Å²) in [6, 6.07) is 6.73. The quantitative estimate of drug-likeness (QED) is 0.702. The van der Waals surface area contributed by atoms with Crippen molar-refractivity contribution in [2.45, 2.75) is 13.8 Å². The van der Waals surface area contributed by atoms with Crippen LogP contribution in [0.2, 0.25) is 0 Å². The highest BCUT2D eigenvalue weighted by Gasteiger charge is 2.20. The molecule has 0 unspecified atom stereocenters. The highest BCUT2D eigenvalue weighted by molar-refractivity contribution is 7.91. The molecule has 0 saturated carbocycles. The predicted octanol–water partition coefficient (Wildman–Crippen LogP) is 1.27. The highest BCUT2D eigenvalue weighted by atomic mass is 32.2. The molecule has 144 valence electrons. The van der Waals surface area contributed by atoms with Crippen molar-refractivity contribution in [1.82, 2.24) is 19.6 Å². The molecule has 0 aliphatic carbocycles. The van der Waals surface area contributed by atoms with Gasteiger partial charge in [-0.25, -0.2) is 19.5 Å². The molecule has 0 saturated heterocycles. The van der Waals surface area contributed by atoms with Gasteiger partial charge in [0.1, 0.15) is 0 Å². The minimum Gasteiger partial charge on any atom is -0.345 e. The average Bonchev–Trinajstić information content (AvgIpc) is 2.52. The van der Waals surface area contributed by atoms with Crippen molar-refractivity contribution in [3.8, 4) is 0 Å². The van der Waals surface area contributed by atoms with E-state index in [1.807, 2.05) is 0 Å². The van der Waals surface area contributed by atoms with Crippen molar-refractivity contribution >= 4 is 33.8 Å². The summed E-state index contributed by atoms with van der Waals surface area (Å²) in [6.45, 7) is 3.43. The molecule has 0 atom stereocenters. The van der Waals surface area contributed by atoms with E-state index in [9.17, 15) is 18.0 Å². The Morgan fingerprint density at radius 2 is 1.63 bits per heavy atom. The van der Waals surface area contributed by atoms with Gasteiger partial charge in [0.15, 0.2) is 0 Å². The summed E-state index contributed by atoms with van der Waals surface area (Å²) in [5.74, 6) is -0.412. The SMILES string of the molecule is Cc1cc(C)nc(NC(=O)NS(=O)(=O)Nc2ccccc2C(=O)N(C)C)n1. The van der Waals surface area contributed by atoms with Gasteiger partial charge in [0.25, 0.3) is 5.91 Å². The molecule has 0 fully saturated rings. The first-order chi connectivity index (χ1) is 12.6. The minimum absolute atomic E-state index is 0.0246. The van der Waals surface area contributed by atoms with Crippen molar-refractivity contribution in [2.75, 3.05) is 24.1 Å². The number of nitrogens with one attached hydrogen (secondary N) is 3. The third-order valence-electron chi connectivity index (χ3n) is 3.24. The van der Waals surface area contributed by atoms with Crippen molar-refractivity contribution < 1.29 is 18.0 Å². The van der Waals surface area contributed by atoms with E-state index >= 15 is 0 Å². The van der Waals surface area contributed by atoms with Crippen LogP contribution in [0.4, 0.5) is 16.4 Å². The maximum absolute atomic E-state index is 12.2. The van der Waals surface area contributed by atoms with E-state index < -0.39 is 16.2 Å². The van der Waals surface area contributed by atoms with Gasteiger partial charge in [-0.1, -0.05) is 12.1 Å². The summed E-state index contributed by atoms with van der Waals surface area (Å²) in [5.41, 5.74) is 1.43. The second kappa shape index (κ2) is 7.99. The van der Waals surface area contributed by atoms with Gasteiger partial charge in [-0.05, 0) is 32.0 Å². The Morgan fingerprint density at radius 3 is 2.22 bits per heavy atom. The number of aryl methyl sites for hydroxylation is 2. The van der Waals surface area contributed by atoms with Crippen LogP contribution in [0, 0.1) is 13.8 Å². The van der Waals surface area contributed by atoms with Crippen LogP contribution >= 0.6 is 0 Å². The summed E-state index contributed by atoms with van der Waals surface area (Å²) < 4.78 is 28.4. The molecule has 11 heteroatoms. The number of rotatable bonds is 5. The highest BCUT2D eigenvalue weighted by Crippen LogP contribution is 2.17. The zero-order chi connectivity index (χ0) is 20.2. The summed E-state index contributed by atoms with van der Waals surface area (Å²) in [5, 5.41) is 2.25. The molecule has 3 N–H and O–H groups in total. The summed E-state index contributed by atoms with van der Waals surface area (Å²) >= 11 is 0. The van der Waals surface area contributed by atoms with Crippen LogP contribution in [0.1, 0.15) is 21.7 Å². The lowest BCUT2D eigenvalue weighted by Crippen LogP contribution is -2.39. The van der Waals surface area contributed by atoms with E-state index in [4.69, 9.17) is 0 Å². The Labute approximate surface area is 157 Å². The van der Waals surface area contributed by atoms with E-state index in [0.29, 0.717) is 11.4 Å². The molecule has 0 bridgehead atoms. The summed E-state index contributed by atoms with van der Waals surface area (Å²) in [7, 11) is -1.20. The number of aromatic nitrogens is 2. The van der Waals surface area contributed by atoms with Gasteiger partial charge in [0, 0.05) is 25.5 Å². The fraction of sp³-hybridized carbons (Fsp3) is 0.250. The molecule has 1 aromatic heterocycles. The number of anilines is 2. The van der Waals surface area contributed by atoms with Crippen molar-refractivity contribution in [3.05, 3.63) is 47.3 Å². The van der Waals surface area contributed by atoms with E-state index in [-0.39, 0.29) is 23.1 Å². The third-order valence-corrected chi connectivity index (χ3v) is 4.19. The van der Waals surface area contributed by atoms with Crippen LogP contribution in [-0.2, 0) is 10.2 Å². The van der Waals surface area contributed by atoms with E-state index in [2.05, 4.69) is 20.0 Å². The second-order valence-corrected chi connectivity index (χ2v) is 7.30. The van der Waals surface area contributed by atoms with Gasteiger partial charge < -0.3 is 4.90 Å². The molecule has 0 aliphatic rings. The van der Waals surface area contributed by atoms with E-state index in [1.54, 1.807) is 50.9 Å². The third kappa shape index (κ3) is 5.64. The number of carbonyl (C=O) groups excluding carboxylic acids is 2. The van der Waals surface area contributed by atoms with Crippen LogP contribution < -0.4 is 14.8 Å². The van der Waals surface area contributed by atoms with Crippen LogP contribution in [0.3, 0.4) is 0 Å². The lowest BCUT2D eigenvalue weighted by molar-refractivity contribution is 0.0828. The van der Waals surface area contributed by atoms with Gasteiger partial charge in [-0.3, -0.25) is 14.8 Å². The van der Waals surface area contributed by atoms with Crippen molar-refractivity contribution in [2.24, 2.45) is 0 Å². The number of benzene rings is 1. The first kappa shape index (κ1) is 20.1. The predicted molar refractivity (Wildman–Crippen MR) is 101 cm³/mol. The number of hydrogen-bond acceptors (Lipinski definition) is 6. The Morgan fingerprint density at radius 1 is 1.04 bits per heavy atom. The van der Waals surface area contributed by atoms with E-state index in [1.165, 1.54) is 17.0 Å². The van der Waals surface area contributed by atoms with Gasteiger partial charge in [-0.2, -0.15) is 8.42 Å². The zero-order valence-electron chi connectivity index (χ0n) is 15.3. The lowest BCUT2D eigenvalue weighted by Gasteiger charge is -2.15. The molecular formula is C16H20N6O4S. The van der Waals surface area contributed by atoms with E-state index in [0.717, 1.165) is 0 Å². The van der Waals surface area contributed by atoms with Crippen molar-refractivity contribution in [3.63, 3.8) is 0 Å². The number of amides is 3. The number of urea groups is 1. The smallest absolute Gasteiger partial charge is 0.336 e. The molecule has 1 heterocycles. The Kier molecular flexibility index (Phi) is 5.95. The summed E-state index contributed by atoms with van der Waals surface area (Å²) in [6.07, 6.45) is 0. The van der Waals surface area contributed by atoms with Crippen molar-refractivity contribution in [1.29, 1.82) is 0 Å². The maximum atomic E-state index is 12.2. The normalized spacial score (nSPS) is 10.8. The molecule has 10 nitrogen and oxygen atoms in total. The Bertz CT molecular complexity index is 954. The summed E-state index contributed by atoms with van der Waals surface area (Å²) in [4.78, 5) is 33.4. The first-order valence-corrected chi connectivity index (χ1v) is 9.30. The number of carbonyl (C=O) groups is 2. The largest absolute Gasteiger partial charge is 0.345 e. The minimum atomic E-state index is -4.29. The second-order valence-electron chi connectivity index (χ2n) is 5.88. The first-order valence-electron chi connectivity index (χ1n) is 7.82. The number of hydrogen-bond donors (Lipinski definition) is 3. The van der Waals surface area contributed by atoms with Gasteiger partial charge in [0.05, 0.1) is 11.3 Å². The molecule has 2 aromatic rings. The van der Waals surface area contributed by atoms with Crippen LogP contribution in [0.25, 0.3) is 0 Å². The van der Waals surface area contributed by atoms with Gasteiger partial charge >= 0.3 is 16.2 Å². The van der Waals surface area contributed by atoms with Crippen LogP contribution in [-0.4, -0.2) is 49.3 Å². The van der Waals surface area contributed by atoms with Gasteiger partial charge in [-0.15, -0.1) is 0 Å². The monoisotopic (exact) mass is 392 g/mol. The lowest BCUT2D eigenvalue weighted by atomic mass is 10.1. The Hall–Kier alpha value is -3.21. The van der Waals surface area contributed by atoms with Crippen LogP contribution in [0.15, 0.2) is 30.3 Å². The molecule has 27 heavy (non-hydrogen) atoms. The topological polar surface area (TPSA) is 133 Å². The molecule has 0 aliphatic heterocycles. The fourth-order valence-corrected chi connectivity index (χ4v) is 3.01. The number of nitrogens with zero attached hydrogens (tertiary/aromatic N) is 3. The molecule has 0 spiro atoms. The Balaban J connectivity index is 2.13. The zero-order valence-corrected chi connectivity index (χ0v) is 16.1.